The lowest BCUT2D eigenvalue weighted by atomic mass is 9.97. The Labute approximate surface area is 118 Å². The summed E-state index contributed by atoms with van der Waals surface area (Å²) < 4.78 is 5.66. The summed E-state index contributed by atoms with van der Waals surface area (Å²) in [7, 11) is 0. The first-order valence-corrected chi connectivity index (χ1v) is 7.63. The molecule has 1 aliphatic heterocycles. The van der Waals surface area contributed by atoms with Crippen LogP contribution in [0.15, 0.2) is 0 Å². The molecule has 0 amide bonds. The number of likely N-dealkylation sites (tertiary alicyclic amines) is 1. The highest BCUT2D eigenvalue weighted by Gasteiger charge is 2.23. The summed E-state index contributed by atoms with van der Waals surface area (Å²) in [6, 6.07) is 2.39. The lowest BCUT2D eigenvalue weighted by Gasteiger charge is -2.32. The minimum Gasteiger partial charge on any atom is -0.378 e. The van der Waals surface area contributed by atoms with Gasteiger partial charge < -0.3 is 9.64 Å². The van der Waals surface area contributed by atoms with E-state index in [-0.39, 0.29) is 5.54 Å². The first-order chi connectivity index (χ1) is 9.13. The van der Waals surface area contributed by atoms with E-state index in [9.17, 15) is 5.26 Å². The summed E-state index contributed by atoms with van der Waals surface area (Å²) in [4.78, 5) is 2.50. The van der Waals surface area contributed by atoms with Gasteiger partial charge in [-0.15, -0.1) is 0 Å². The Balaban J connectivity index is 2.19. The Morgan fingerprint density at radius 1 is 1.37 bits per heavy atom. The van der Waals surface area contributed by atoms with Crippen molar-refractivity contribution >= 4 is 0 Å². The van der Waals surface area contributed by atoms with Crippen LogP contribution < -0.4 is 5.32 Å². The molecule has 1 N–H and O–H groups in total. The molecule has 4 heteroatoms. The van der Waals surface area contributed by atoms with Crippen LogP contribution in [0.2, 0.25) is 0 Å². The normalized spacial score (nSPS) is 20.9. The maximum atomic E-state index is 9.20. The van der Waals surface area contributed by atoms with Crippen LogP contribution in [0, 0.1) is 11.3 Å². The van der Waals surface area contributed by atoms with Crippen LogP contribution >= 0.6 is 0 Å². The summed E-state index contributed by atoms with van der Waals surface area (Å²) in [5.41, 5.74) is -0.363. The van der Waals surface area contributed by atoms with Gasteiger partial charge >= 0.3 is 0 Å². The maximum Gasteiger partial charge on any atom is 0.103 e. The van der Waals surface area contributed by atoms with Crippen molar-refractivity contribution in [1.82, 2.24) is 10.2 Å². The summed E-state index contributed by atoms with van der Waals surface area (Å²) in [6.07, 6.45) is 4.76. The van der Waals surface area contributed by atoms with E-state index in [0.29, 0.717) is 6.10 Å². The molecule has 19 heavy (non-hydrogen) atoms. The van der Waals surface area contributed by atoms with Gasteiger partial charge in [-0.3, -0.25) is 5.32 Å². The summed E-state index contributed by atoms with van der Waals surface area (Å²) >= 11 is 0. The van der Waals surface area contributed by atoms with E-state index in [1.165, 1.54) is 0 Å². The molecular weight excluding hydrogens is 238 g/mol. The zero-order valence-electron chi connectivity index (χ0n) is 12.7. The maximum absolute atomic E-state index is 9.20. The fourth-order valence-corrected chi connectivity index (χ4v) is 2.77. The predicted molar refractivity (Wildman–Crippen MR) is 78.0 cm³/mol. The third kappa shape index (κ3) is 5.90. The Kier molecular flexibility index (Phi) is 7.37. The van der Waals surface area contributed by atoms with Crippen LogP contribution in [0.4, 0.5) is 0 Å². The topological polar surface area (TPSA) is 48.3 Å². The molecule has 0 radical (unpaired) electrons. The minimum atomic E-state index is -0.363. The van der Waals surface area contributed by atoms with Crippen LogP contribution in [0.5, 0.6) is 0 Å². The molecule has 1 atom stereocenters. The van der Waals surface area contributed by atoms with Gasteiger partial charge in [-0.25, -0.2) is 0 Å². The van der Waals surface area contributed by atoms with E-state index in [2.05, 4.69) is 23.2 Å². The van der Waals surface area contributed by atoms with E-state index in [4.69, 9.17) is 4.74 Å². The summed E-state index contributed by atoms with van der Waals surface area (Å²) in [6.45, 7) is 11.2. The molecular formula is C15H29N3O. The first-order valence-electron chi connectivity index (χ1n) is 7.63. The SMILES string of the molecule is CCNC(C)(C#N)CCCN1CCC(OCC)CC1. The lowest BCUT2D eigenvalue weighted by molar-refractivity contribution is 0.0138. The van der Waals surface area contributed by atoms with Gasteiger partial charge in [0.15, 0.2) is 0 Å². The second-order valence-corrected chi connectivity index (χ2v) is 5.57. The van der Waals surface area contributed by atoms with Gasteiger partial charge in [0.2, 0.25) is 0 Å². The van der Waals surface area contributed by atoms with Gasteiger partial charge in [0.1, 0.15) is 5.54 Å². The Bertz CT molecular complexity index is 282. The molecule has 1 aliphatic rings. The van der Waals surface area contributed by atoms with E-state index in [1.54, 1.807) is 0 Å². The zero-order valence-corrected chi connectivity index (χ0v) is 12.7. The molecule has 0 aromatic heterocycles. The van der Waals surface area contributed by atoms with Crippen molar-refractivity contribution in [2.24, 2.45) is 0 Å². The Hall–Kier alpha value is -0.630. The van der Waals surface area contributed by atoms with Crippen molar-refractivity contribution in [3.8, 4) is 6.07 Å². The average Bonchev–Trinajstić information content (AvgIpc) is 2.41. The number of nitriles is 1. The monoisotopic (exact) mass is 267 g/mol. The Morgan fingerprint density at radius 3 is 2.58 bits per heavy atom. The van der Waals surface area contributed by atoms with E-state index >= 15 is 0 Å². The molecule has 1 heterocycles. The highest BCUT2D eigenvalue weighted by molar-refractivity contribution is 5.03. The van der Waals surface area contributed by atoms with E-state index in [1.807, 2.05) is 13.8 Å². The molecule has 0 saturated carbocycles. The second-order valence-electron chi connectivity index (χ2n) is 5.57. The molecule has 1 unspecified atom stereocenters. The van der Waals surface area contributed by atoms with Crippen LogP contribution in [-0.4, -0.2) is 49.3 Å². The number of nitrogens with one attached hydrogen (secondary N) is 1. The van der Waals surface area contributed by atoms with Crippen molar-refractivity contribution in [1.29, 1.82) is 5.26 Å². The fourth-order valence-electron chi connectivity index (χ4n) is 2.77. The number of rotatable bonds is 8. The van der Waals surface area contributed by atoms with E-state index in [0.717, 1.165) is 58.5 Å². The second kappa shape index (κ2) is 8.52. The number of nitrogens with zero attached hydrogens (tertiary/aromatic N) is 2. The van der Waals surface area contributed by atoms with Crippen LogP contribution in [0.1, 0.15) is 46.5 Å². The number of ether oxygens (including phenoxy) is 1. The van der Waals surface area contributed by atoms with Gasteiger partial charge in [0, 0.05) is 19.7 Å². The van der Waals surface area contributed by atoms with Crippen molar-refractivity contribution in [2.75, 3.05) is 32.8 Å². The standard InChI is InChI=1S/C15H29N3O/c1-4-17-15(3,13-16)9-6-10-18-11-7-14(8-12-18)19-5-2/h14,17H,4-12H2,1-3H3. The number of piperidine rings is 1. The average molecular weight is 267 g/mol. The molecule has 1 saturated heterocycles. The van der Waals surface area contributed by atoms with Gasteiger partial charge in [-0.1, -0.05) is 6.92 Å². The zero-order chi connectivity index (χ0) is 14.1. The molecule has 4 nitrogen and oxygen atoms in total. The molecule has 0 aliphatic carbocycles. The van der Waals surface area contributed by atoms with Crippen molar-refractivity contribution < 1.29 is 4.74 Å². The quantitative estimate of drug-likeness (QED) is 0.732. The van der Waals surface area contributed by atoms with Gasteiger partial charge in [-0.2, -0.15) is 5.26 Å². The first kappa shape index (κ1) is 16.4. The molecule has 0 aromatic rings. The molecule has 110 valence electrons. The van der Waals surface area contributed by atoms with Crippen LogP contribution in [0.25, 0.3) is 0 Å². The predicted octanol–water partition coefficient (Wildman–Crippen LogP) is 2.16. The van der Waals surface area contributed by atoms with E-state index < -0.39 is 0 Å². The third-order valence-corrected chi connectivity index (χ3v) is 3.90. The smallest absolute Gasteiger partial charge is 0.103 e. The fraction of sp³-hybridized carbons (Fsp3) is 0.933. The molecule has 0 aromatic carbocycles. The minimum absolute atomic E-state index is 0.363. The van der Waals surface area contributed by atoms with Crippen molar-refractivity contribution in [3.05, 3.63) is 0 Å². The van der Waals surface area contributed by atoms with Gasteiger partial charge in [-0.05, 0) is 52.6 Å². The molecule has 0 spiro atoms. The molecule has 1 rings (SSSR count). The summed E-state index contributed by atoms with van der Waals surface area (Å²) in [5.74, 6) is 0. The summed E-state index contributed by atoms with van der Waals surface area (Å²) in [5, 5.41) is 12.5. The largest absolute Gasteiger partial charge is 0.378 e. The van der Waals surface area contributed by atoms with Gasteiger partial charge in [0.05, 0.1) is 12.2 Å². The number of hydrogen-bond acceptors (Lipinski definition) is 4. The van der Waals surface area contributed by atoms with Crippen molar-refractivity contribution in [2.45, 2.75) is 58.1 Å². The third-order valence-electron chi connectivity index (χ3n) is 3.90. The number of hydrogen-bond donors (Lipinski definition) is 1. The van der Waals surface area contributed by atoms with Gasteiger partial charge in [0.25, 0.3) is 0 Å². The molecule has 0 bridgehead atoms. The van der Waals surface area contributed by atoms with Crippen LogP contribution in [0.3, 0.4) is 0 Å². The lowest BCUT2D eigenvalue weighted by Crippen LogP contribution is -2.42. The highest BCUT2D eigenvalue weighted by Crippen LogP contribution is 2.16. The van der Waals surface area contributed by atoms with Crippen molar-refractivity contribution in [3.63, 3.8) is 0 Å². The van der Waals surface area contributed by atoms with Crippen LogP contribution in [-0.2, 0) is 4.74 Å². The Morgan fingerprint density at radius 2 is 2.05 bits per heavy atom. The highest BCUT2D eigenvalue weighted by atomic mass is 16.5. The molecule has 1 fully saturated rings.